The van der Waals surface area contributed by atoms with Crippen LogP contribution in [-0.4, -0.2) is 0 Å². The Morgan fingerprint density at radius 2 is 2.17 bits per heavy atom. The van der Waals surface area contributed by atoms with Crippen LogP contribution in [-0.2, 0) is 6.42 Å². The average molecular weight is 166 g/mol. The number of nitrogens with two attached hydrogens (primary N) is 2. The summed E-state index contributed by atoms with van der Waals surface area (Å²) < 4.78 is 12.9. The Bertz CT molecular complexity index is 323. The van der Waals surface area contributed by atoms with Crippen molar-refractivity contribution in [1.29, 1.82) is 0 Å². The van der Waals surface area contributed by atoms with Crippen molar-refractivity contribution in [2.24, 2.45) is 5.73 Å². The van der Waals surface area contributed by atoms with Crippen molar-refractivity contribution in [3.8, 4) is 0 Å². The summed E-state index contributed by atoms with van der Waals surface area (Å²) in [6.45, 7) is 0. The van der Waals surface area contributed by atoms with Crippen molar-refractivity contribution < 1.29 is 4.39 Å². The first-order chi connectivity index (χ1) is 5.70. The van der Waals surface area contributed by atoms with E-state index in [1.807, 2.05) is 0 Å². The monoisotopic (exact) mass is 166 g/mol. The molecular formula is C9H11FN2. The van der Waals surface area contributed by atoms with E-state index in [-0.39, 0.29) is 17.5 Å². The molecule has 12 heavy (non-hydrogen) atoms. The minimum absolute atomic E-state index is 0.0444. The molecule has 2 nitrogen and oxygen atoms in total. The minimum Gasteiger partial charge on any atom is -0.396 e. The summed E-state index contributed by atoms with van der Waals surface area (Å²) in [6.07, 6.45) is 1.68. The fraction of sp³-hybridized carbons (Fsp3) is 0.333. The predicted molar refractivity (Wildman–Crippen MR) is 46.1 cm³/mol. The average Bonchev–Trinajstić information content (AvgIpc) is 2.41. The number of hydrogen-bond donors (Lipinski definition) is 2. The van der Waals surface area contributed by atoms with Gasteiger partial charge < -0.3 is 11.5 Å². The minimum atomic E-state index is -0.331. The molecule has 0 radical (unpaired) electrons. The Morgan fingerprint density at radius 3 is 2.92 bits per heavy atom. The maximum Gasteiger partial charge on any atom is 0.146 e. The van der Waals surface area contributed by atoms with Gasteiger partial charge in [0.05, 0.1) is 5.69 Å². The summed E-state index contributed by atoms with van der Waals surface area (Å²) in [5, 5.41) is 0. The first kappa shape index (κ1) is 7.55. The van der Waals surface area contributed by atoms with Crippen LogP contribution in [0.4, 0.5) is 10.1 Å². The van der Waals surface area contributed by atoms with E-state index >= 15 is 0 Å². The zero-order valence-electron chi connectivity index (χ0n) is 6.68. The summed E-state index contributed by atoms with van der Waals surface area (Å²) >= 11 is 0. The Hall–Kier alpha value is -1.09. The van der Waals surface area contributed by atoms with Crippen molar-refractivity contribution in [3.63, 3.8) is 0 Å². The molecule has 1 unspecified atom stereocenters. The fourth-order valence-corrected chi connectivity index (χ4v) is 1.73. The van der Waals surface area contributed by atoms with Gasteiger partial charge >= 0.3 is 0 Å². The highest BCUT2D eigenvalue weighted by atomic mass is 19.1. The third kappa shape index (κ3) is 0.898. The molecule has 1 aromatic rings. The van der Waals surface area contributed by atoms with Crippen LogP contribution in [0, 0.1) is 5.82 Å². The number of fused-ring (bicyclic) bond motifs is 1. The SMILES string of the molecule is Nc1c(F)ccc2c1CCC2N. The van der Waals surface area contributed by atoms with Crippen LogP contribution in [0.15, 0.2) is 12.1 Å². The standard InChI is InChI=1S/C9H11FN2/c10-7-3-1-5-6(9(7)12)2-4-8(5)11/h1,3,8H,2,4,11-12H2. The topological polar surface area (TPSA) is 52.0 Å². The van der Waals surface area contributed by atoms with Gasteiger partial charge in [0.2, 0.25) is 0 Å². The first-order valence-corrected chi connectivity index (χ1v) is 4.02. The van der Waals surface area contributed by atoms with E-state index in [0.29, 0.717) is 0 Å². The van der Waals surface area contributed by atoms with Gasteiger partial charge in [0.15, 0.2) is 0 Å². The zero-order chi connectivity index (χ0) is 8.72. The van der Waals surface area contributed by atoms with Crippen LogP contribution in [0.1, 0.15) is 23.6 Å². The van der Waals surface area contributed by atoms with Gasteiger partial charge in [0, 0.05) is 6.04 Å². The van der Waals surface area contributed by atoms with E-state index in [4.69, 9.17) is 11.5 Å². The molecule has 0 heterocycles. The maximum absolute atomic E-state index is 12.9. The number of benzene rings is 1. The lowest BCUT2D eigenvalue weighted by Gasteiger charge is -2.06. The molecule has 0 aliphatic heterocycles. The van der Waals surface area contributed by atoms with E-state index in [9.17, 15) is 4.39 Å². The van der Waals surface area contributed by atoms with Gasteiger partial charge in [0.25, 0.3) is 0 Å². The largest absolute Gasteiger partial charge is 0.396 e. The third-order valence-corrected chi connectivity index (χ3v) is 2.44. The zero-order valence-corrected chi connectivity index (χ0v) is 6.68. The lowest BCUT2D eigenvalue weighted by atomic mass is 10.1. The molecule has 2 rings (SSSR count). The van der Waals surface area contributed by atoms with Crippen molar-refractivity contribution in [1.82, 2.24) is 0 Å². The molecule has 4 N–H and O–H groups in total. The number of halogens is 1. The van der Waals surface area contributed by atoms with E-state index in [1.165, 1.54) is 6.07 Å². The second kappa shape index (κ2) is 2.45. The molecule has 64 valence electrons. The molecular weight excluding hydrogens is 155 g/mol. The molecule has 0 bridgehead atoms. The Labute approximate surface area is 70.4 Å². The van der Waals surface area contributed by atoms with Gasteiger partial charge in [-0.3, -0.25) is 0 Å². The highest BCUT2D eigenvalue weighted by Gasteiger charge is 2.22. The van der Waals surface area contributed by atoms with Crippen LogP contribution >= 0.6 is 0 Å². The summed E-state index contributed by atoms with van der Waals surface area (Å²) in [5.41, 5.74) is 13.5. The molecule has 0 amide bonds. The molecule has 0 aromatic heterocycles. The van der Waals surface area contributed by atoms with E-state index in [0.717, 1.165) is 24.0 Å². The van der Waals surface area contributed by atoms with Crippen molar-refractivity contribution >= 4 is 5.69 Å². The Morgan fingerprint density at radius 1 is 1.42 bits per heavy atom. The molecule has 1 aromatic carbocycles. The van der Waals surface area contributed by atoms with Crippen molar-refractivity contribution in [3.05, 3.63) is 29.1 Å². The maximum atomic E-state index is 12.9. The second-order valence-electron chi connectivity index (χ2n) is 3.17. The van der Waals surface area contributed by atoms with E-state index in [1.54, 1.807) is 6.07 Å². The summed E-state index contributed by atoms with van der Waals surface area (Å²) in [7, 11) is 0. The van der Waals surface area contributed by atoms with Gasteiger partial charge in [-0.2, -0.15) is 0 Å². The lowest BCUT2D eigenvalue weighted by molar-refractivity contribution is 0.630. The Balaban J connectivity index is 2.60. The van der Waals surface area contributed by atoms with Crippen LogP contribution < -0.4 is 11.5 Å². The third-order valence-electron chi connectivity index (χ3n) is 2.44. The number of nitrogen functional groups attached to an aromatic ring is 1. The van der Waals surface area contributed by atoms with Crippen molar-refractivity contribution in [2.45, 2.75) is 18.9 Å². The highest BCUT2D eigenvalue weighted by Crippen LogP contribution is 2.34. The summed E-state index contributed by atoms with van der Waals surface area (Å²) in [5.74, 6) is -0.331. The van der Waals surface area contributed by atoms with Gasteiger partial charge in [-0.05, 0) is 30.0 Å². The molecule has 0 spiro atoms. The number of hydrogen-bond acceptors (Lipinski definition) is 2. The van der Waals surface area contributed by atoms with E-state index in [2.05, 4.69) is 0 Å². The number of anilines is 1. The fourth-order valence-electron chi connectivity index (χ4n) is 1.73. The normalized spacial score (nSPS) is 21.0. The van der Waals surface area contributed by atoms with Crippen molar-refractivity contribution in [2.75, 3.05) is 5.73 Å². The second-order valence-corrected chi connectivity index (χ2v) is 3.17. The van der Waals surface area contributed by atoms with Gasteiger partial charge in [0.1, 0.15) is 5.82 Å². The van der Waals surface area contributed by atoms with Gasteiger partial charge in [-0.1, -0.05) is 6.07 Å². The van der Waals surface area contributed by atoms with Crippen LogP contribution in [0.3, 0.4) is 0 Å². The molecule has 0 saturated heterocycles. The molecule has 1 atom stereocenters. The lowest BCUT2D eigenvalue weighted by Crippen LogP contribution is -2.05. The summed E-state index contributed by atoms with van der Waals surface area (Å²) in [4.78, 5) is 0. The predicted octanol–water partition coefficient (Wildman–Crippen LogP) is 1.35. The van der Waals surface area contributed by atoms with Gasteiger partial charge in [-0.25, -0.2) is 4.39 Å². The van der Waals surface area contributed by atoms with Crippen LogP contribution in [0.2, 0.25) is 0 Å². The quantitative estimate of drug-likeness (QED) is 0.571. The molecule has 1 aliphatic rings. The van der Waals surface area contributed by atoms with Crippen LogP contribution in [0.5, 0.6) is 0 Å². The molecule has 0 fully saturated rings. The highest BCUT2D eigenvalue weighted by molar-refractivity contribution is 5.55. The summed E-state index contributed by atoms with van der Waals surface area (Å²) in [6, 6.07) is 3.17. The smallest absolute Gasteiger partial charge is 0.146 e. The van der Waals surface area contributed by atoms with Crippen LogP contribution in [0.25, 0.3) is 0 Å². The first-order valence-electron chi connectivity index (χ1n) is 4.02. The molecule has 0 saturated carbocycles. The molecule has 3 heteroatoms. The Kier molecular flexibility index (Phi) is 1.54. The number of rotatable bonds is 0. The van der Waals surface area contributed by atoms with E-state index < -0.39 is 0 Å². The molecule has 1 aliphatic carbocycles. The van der Waals surface area contributed by atoms with Gasteiger partial charge in [-0.15, -0.1) is 0 Å².